The number of rotatable bonds is 5. The first-order chi connectivity index (χ1) is 13.0. The van der Waals surface area contributed by atoms with Gasteiger partial charge < -0.3 is 4.57 Å². The SMILES string of the molecule is CCc1ccc(-n2c(C)cc(C=NNC(=O)c3cccnc3Cl)c2C)cc1. The van der Waals surface area contributed by atoms with Crippen molar-refractivity contribution in [3.8, 4) is 5.69 Å². The Hall–Kier alpha value is -2.92. The second-order valence-electron chi connectivity index (χ2n) is 6.22. The van der Waals surface area contributed by atoms with Crippen molar-refractivity contribution >= 4 is 23.7 Å². The average molecular weight is 381 g/mol. The van der Waals surface area contributed by atoms with Crippen LogP contribution >= 0.6 is 11.6 Å². The molecule has 138 valence electrons. The molecule has 3 rings (SSSR count). The van der Waals surface area contributed by atoms with E-state index in [1.807, 2.05) is 19.9 Å². The summed E-state index contributed by atoms with van der Waals surface area (Å²) in [6, 6.07) is 13.8. The van der Waals surface area contributed by atoms with Crippen molar-refractivity contribution in [3.05, 3.63) is 81.9 Å². The van der Waals surface area contributed by atoms with Gasteiger partial charge in [-0.25, -0.2) is 10.4 Å². The lowest BCUT2D eigenvalue weighted by molar-refractivity contribution is 0.0955. The Morgan fingerprint density at radius 3 is 2.67 bits per heavy atom. The normalized spacial score (nSPS) is 11.1. The van der Waals surface area contributed by atoms with E-state index in [0.717, 1.165) is 29.1 Å². The first-order valence-electron chi connectivity index (χ1n) is 8.73. The molecule has 3 aromatic rings. The van der Waals surface area contributed by atoms with E-state index in [1.54, 1.807) is 18.3 Å². The lowest BCUT2D eigenvalue weighted by Crippen LogP contribution is -2.18. The molecule has 0 radical (unpaired) electrons. The average Bonchev–Trinajstić information content (AvgIpc) is 2.95. The molecule has 6 heteroatoms. The van der Waals surface area contributed by atoms with Gasteiger partial charge in [-0.2, -0.15) is 5.10 Å². The molecule has 0 saturated carbocycles. The molecule has 0 atom stereocenters. The lowest BCUT2D eigenvalue weighted by Gasteiger charge is -2.10. The van der Waals surface area contributed by atoms with Crippen LogP contribution < -0.4 is 5.43 Å². The third kappa shape index (κ3) is 4.09. The molecule has 0 spiro atoms. The van der Waals surface area contributed by atoms with E-state index in [9.17, 15) is 4.79 Å². The summed E-state index contributed by atoms with van der Waals surface area (Å²) >= 11 is 5.93. The zero-order valence-corrected chi connectivity index (χ0v) is 16.3. The molecule has 5 nitrogen and oxygen atoms in total. The molecular formula is C21H21ClN4O. The highest BCUT2D eigenvalue weighted by atomic mass is 35.5. The maximum atomic E-state index is 12.1. The first kappa shape index (κ1) is 18.9. The molecule has 1 amide bonds. The Balaban J connectivity index is 1.79. The number of benzene rings is 1. The highest BCUT2D eigenvalue weighted by molar-refractivity contribution is 6.32. The van der Waals surface area contributed by atoms with Gasteiger partial charge in [-0.15, -0.1) is 0 Å². The molecule has 0 fully saturated rings. The van der Waals surface area contributed by atoms with Crippen LogP contribution in [0, 0.1) is 13.8 Å². The number of aromatic nitrogens is 2. The Bertz CT molecular complexity index is 990. The van der Waals surface area contributed by atoms with E-state index in [-0.39, 0.29) is 10.7 Å². The summed E-state index contributed by atoms with van der Waals surface area (Å²) in [5.41, 5.74) is 8.28. The summed E-state index contributed by atoms with van der Waals surface area (Å²) in [5, 5.41) is 4.22. The number of hydrogen-bond donors (Lipinski definition) is 1. The predicted molar refractivity (Wildman–Crippen MR) is 109 cm³/mol. The summed E-state index contributed by atoms with van der Waals surface area (Å²) in [4.78, 5) is 16.0. The second kappa shape index (κ2) is 8.18. The maximum Gasteiger partial charge on any atom is 0.274 e. The summed E-state index contributed by atoms with van der Waals surface area (Å²) in [7, 11) is 0. The molecule has 1 aromatic carbocycles. The molecule has 2 aromatic heterocycles. The molecule has 0 aliphatic carbocycles. The fraction of sp³-hybridized carbons (Fsp3) is 0.190. The van der Waals surface area contributed by atoms with Crippen LogP contribution in [0.3, 0.4) is 0 Å². The van der Waals surface area contributed by atoms with Gasteiger partial charge in [0.15, 0.2) is 0 Å². The van der Waals surface area contributed by atoms with Crippen molar-refractivity contribution in [2.45, 2.75) is 27.2 Å². The van der Waals surface area contributed by atoms with Crippen molar-refractivity contribution in [2.75, 3.05) is 0 Å². The van der Waals surface area contributed by atoms with Crippen molar-refractivity contribution < 1.29 is 4.79 Å². The summed E-state index contributed by atoms with van der Waals surface area (Å²) in [6.07, 6.45) is 4.19. The number of aryl methyl sites for hydroxylation is 2. The highest BCUT2D eigenvalue weighted by Crippen LogP contribution is 2.20. The molecule has 27 heavy (non-hydrogen) atoms. The monoisotopic (exact) mass is 380 g/mol. The van der Waals surface area contributed by atoms with E-state index < -0.39 is 5.91 Å². The molecule has 1 N–H and O–H groups in total. The number of nitrogens with zero attached hydrogens (tertiary/aromatic N) is 3. The summed E-state index contributed by atoms with van der Waals surface area (Å²) < 4.78 is 2.17. The molecule has 0 saturated heterocycles. The Morgan fingerprint density at radius 2 is 2.00 bits per heavy atom. The van der Waals surface area contributed by atoms with Crippen molar-refractivity contribution in [2.24, 2.45) is 5.10 Å². The number of hydrogen-bond acceptors (Lipinski definition) is 3. The molecule has 2 heterocycles. The van der Waals surface area contributed by atoms with Crippen LogP contribution in [0.15, 0.2) is 53.8 Å². The summed E-state index contributed by atoms with van der Waals surface area (Å²) in [6.45, 7) is 6.22. The lowest BCUT2D eigenvalue weighted by atomic mass is 10.1. The van der Waals surface area contributed by atoms with E-state index in [2.05, 4.69) is 51.3 Å². The number of halogens is 1. The van der Waals surface area contributed by atoms with E-state index in [0.29, 0.717) is 0 Å². The minimum atomic E-state index is -0.395. The second-order valence-corrected chi connectivity index (χ2v) is 6.58. The van der Waals surface area contributed by atoms with Crippen molar-refractivity contribution in [1.82, 2.24) is 15.0 Å². The number of carbonyl (C=O) groups is 1. The van der Waals surface area contributed by atoms with Gasteiger partial charge in [0.1, 0.15) is 5.15 Å². The summed E-state index contributed by atoms with van der Waals surface area (Å²) in [5.74, 6) is -0.395. The van der Waals surface area contributed by atoms with E-state index >= 15 is 0 Å². The molecule has 0 bridgehead atoms. The van der Waals surface area contributed by atoms with Gasteiger partial charge in [0, 0.05) is 28.8 Å². The maximum absolute atomic E-state index is 12.1. The smallest absolute Gasteiger partial charge is 0.274 e. The van der Waals surface area contributed by atoms with Gasteiger partial charge >= 0.3 is 0 Å². The number of hydrazone groups is 1. The third-order valence-electron chi connectivity index (χ3n) is 4.45. The van der Waals surface area contributed by atoms with E-state index in [4.69, 9.17) is 11.6 Å². The largest absolute Gasteiger partial charge is 0.318 e. The Morgan fingerprint density at radius 1 is 1.26 bits per heavy atom. The minimum Gasteiger partial charge on any atom is -0.318 e. The number of pyridine rings is 1. The van der Waals surface area contributed by atoms with Crippen molar-refractivity contribution in [1.29, 1.82) is 0 Å². The van der Waals surface area contributed by atoms with Crippen LogP contribution in [0.5, 0.6) is 0 Å². The standard InChI is InChI=1S/C21H21ClN4O/c1-4-16-7-9-18(10-8-16)26-14(2)12-17(15(26)3)13-24-25-21(27)19-6-5-11-23-20(19)22/h5-13H,4H2,1-3H3,(H,25,27). The van der Waals surface area contributed by atoms with Crippen LogP contribution in [-0.4, -0.2) is 21.7 Å². The van der Waals surface area contributed by atoms with Gasteiger partial charge in [0.05, 0.1) is 11.8 Å². The fourth-order valence-corrected chi connectivity index (χ4v) is 3.18. The van der Waals surface area contributed by atoms with Crippen molar-refractivity contribution in [3.63, 3.8) is 0 Å². The molecule has 0 aliphatic heterocycles. The van der Waals surface area contributed by atoms with Crippen LogP contribution in [0.1, 0.15) is 39.8 Å². The van der Waals surface area contributed by atoms with Gasteiger partial charge in [0.25, 0.3) is 5.91 Å². The fourth-order valence-electron chi connectivity index (χ4n) is 2.97. The Labute approximate surface area is 163 Å². The first-order valence-corrected chi connectivity index (χ1v) is 9.11. The number of carbonyl (C=O) groups excluding carboxylic acids is 1. The zero-order valence-electron chi connectivity index (χ0n) is 15.5. The third-order valence-corrected chi connectivity index (χ3v) is 4.75. The number of amides is 1. The van der Waals surface area contributed by atoms with Gasteiger partial charge in [-0.1, -0.05) is 30.7 Å². The Kier molecular flexibility index (Phi) is 5.72. The van der Waals surface area contributed by atoms with Crippen LogP contribution in [-0.2, 0) is 6.42 Å². The van der Waals surface area contributed by atoms with Crippen LogP contribution in [0.25, 0.3) is 5.69 Å². The van der Waals surface area contributed by atoms with E-state index in [1.165, 1.54) is 11.8 Å². The van der Waals surface area contributed by atoms with Gasteiger partial charge in [-0.3, -0.25) is 4.79 Å². The zero-order chi connectivity index (χ0) is 19.4. The quantitative estimate of drug-likeness (QED) is 0.403. The molecule has 0 aliphatic rings. The molecular weight excluding hydrogens is 360 g/mol. The molecule has 0 unspecified atom stereocenters. The topological polar surface area (TPSA) is 59.3 Å². The van der Waals surface area contributed by atoms with Crippen LogP contribution in [0.2, 0.25) is 5.15 Å². The number of nitrogens with one attached hydrogen (secondary N) is 1. The van der Waals surface area contributed by atoms with Crippen LogP contribution in [0.4, 0.5) is 0 Å². The van der Waals surface area contributed by atoms with Gasteiger partial charge in [-0.05, 0) is 56.2 Å². The minimum absolute atomic E-state index is 0.152. The van der Waals surface area contributed by atoms with Gasteiger partial charge in [0.2, 0.25) is 0 Å². The predicted octanol–water partition coefficient (Wildman–Crippen LogP) is 4.47. The highest BCUT2D eigenvalue weighted by Gasteiger charge is 2.11.